The highest BCUT2D eigenvalue weighted by molar-refractivity contribution is 9.11. The second-order valence-corrected chi connectivity index (χ2v) is 8.36. The third-order valence-corrected chi connectivity index (χ3v) is 5.37. The van der Waals surface area contributed by atoms with Crippen LogP contribution in [-0.2, 0) is 4.79 Å². The first-order chi connectivity index (χ1) is 13.4. The molecule has 3 rings (SSSR count). The maximum Gasteiger partial charge on any atom is 0.321 e. The Bertz CT molecular complexity index is 994. The number of nitrogens with zero attached hydrogens (tertiary/aromatic N) is 2. The van der Waals surface area contributed by atoms with Crippen molar-refractivity contribution in [2.45, 2.75) is 19.9 Å². The van der Waals surface area contributed by atoms with Gasteiger partial charge < -0.3 is 15.4 Å². The van der Waals surface area contributed by atoms with Crippen LogP contribution in [0.4, 0.5) is 5.69 Å². The maximum atomic E-state index is 12.4. The molecule has 0 aliphatic heterocycles. The van der Waals surface area contributed by atoms with Crippen LogP contribution in [-0.4, -0.2) is 27.8 Å². The van der Waals surface area contributed by atoms with Crippen molar-refractivity contribution in [1.29, 1.82) is 0 Å². The van der Waals surface area contributed by atoms with E-state index in [1.165, 1.54) is 11.3 Å². The molecule has 3 aromatic rings. The zero-order valence-electron chi connectivity index (χ0n) is 15.1. The highest BCUT2D eigenvalue weighted by Gasteiger charge is 2.18. The van der Waals surface area contributed by atoms with Crippen molar-refractivity contribution < 1.29 is 14.3 Å². The van der Waals surface area contributed by atoms with Crippen LogP contribution in [0.25, 0.3) is 0 Å². The molecule has 0 bridgehead atoms. The van der Waals surface area contributed by atoms with Gasteiger partial charge in [-0.15, -0.1) is 11.3 Å². The van der Waals surface area contributed by atoms with E-state index in [9.17, 15) is 9.59 Å². The van der Waals surface area contributed by atoms with Crippen molar-refractivity contribution in [3.05, 3.63) is 63.0 Å². The van der Waals surface area contributed by atoms with E-state index in [-0.39, 0.29) is 17.8 Å². The molecule has 0 saturated carbocycles. The number of amides is 2. The summed E-state index contributed by atoms with van der Waals surface area (Å²) >= 11 is 4.62. The van der Waals surface area contributed by atoms with Gasteiger partial charge in [0.05, 0.1) is 8.66 Å². The molecular formula is C19H17BrN4O3S. The van der Waals surface area contributed by atoms with Gasteiger partial charge in [-0.1, -0.05) is 0 Å². The lowest BCUT2D eigenvalue weighted by Crippen LogP contribution is -2.41. The molecule has 2 aromatic heterocycles. The lowest BCUT2D eigenvalue weighted by molar-refractivity contribution is -0.117. The number of rotatable bonds is 6. The van der Waals surface area contributed by atoms with Gasteiger partial charge in [-0.2, -0.15) is 0 Å². The molecule has 0 spiro atoms. The smallest absolute Gasteiger partial charge is 0.321 e. The number of halogens is 1. The molecule has 1 atom stereocenters. The SMILES string of the molecule is Cc1cc(Oc2ncccn2)ccc1NC(=O)C(C)NC(=O)c1ccc(Br)s1. The molecule has 7 nitrogen and oxygen atoms in total. The van der Waals surface area contributed by atoms with Gasteiger partial charge in [0.2, 0.25) is 5.91 Å². The summed E-state index contributed by atoms with van der Waals surface area (Å²) in [6.07, 6.45) is 3.18. The molecule has 9 heteroatoms. The highest BCUT2D eigenvalue weighted by atomic mass is 79.9. The number of hydrogen-bond acceptors (Lipinski definition) is 6. The van der Waals surface area contributed by atoms with Crippen LogP contribution in [0.15, 0.2) is 52.6 Å². The maximum absolute atomic E-state index is 12.4. The van der Waals surface area contributed by atoms with Crippen LogP contribution in [0.5, 0.6) is 11.8 Å². The van der Waals surface area contributed by atoms with E-state index < -0.39 is 6.04 Å². The number of aromatic nitrogens is 2. The number of carbonyl (C=O) groups excluding carboxylic acids is 2. The van der Waals surface area contributed by atoms with Crippen molar-refractivity contribution in [3.63, 3.8) is 0 Å². The quantitative estimate of drug-likeness (QED) is 0.575. The molecule has 28 heavy (non-hydrogen) atoms. The molecule has 0 fully saturated rings. The van der Waals surface area contributed by atoms with Gasteiger partial charge >= 0.3 is 6.01 Å². The molecule has 0 aliphatic carbocycles. The zero-order chi connectivity index (χ0) is 20.1. The number of hydrogen-bond donors (Lipinski definition) is 2. The summed E-state index contributed by atoms with van der Waals surface area (Å²) in [5, 5.41) is 5.51. The van der Waals surface area contributed by atoms with Crippen molar-refractivity contribution in [3.8, 4) is 11.8 Å². The molecule has 2 amide bonds. The van der Waals surface area contributed by atoms with Gasteiger partial charge in [0, 0.05) is 18.1 Å². The van der Waals surface area contributed by atoms with Crippen molar-refractivity contribution in [1.82, 2.24) is 15.3 Å². The topological polar surface area (TPSA) is 93.2 Å². The fourth-order valence-corrected chi connectivity index (χ4v) is 3.58. The van der Waals surface area contributed by atoms with Gasteiger partial charge in [-0.05, 0) is 71.7 Å². The zero-order valence-corrected chi connectivity index (χ0v) is 17.5. The van der Waals surface area contributed by atoms with Crippen LogP contribution in [0.3, 0.4) is 0 Å². The minimum Gasteiger partial charge on any atom is -0.424 e. The summed E-state index contributed by atoms with van der Waals surface area (Å²) in [7, 11) is 0. The fraction of sp³-hybridized carbons (Fsp3) is 0.158. The van der Waals surface area contributed by atoms with E-state index in [0.717, 1.165) is 9.35 Å². The van der Waals surface area contributed by atoms with E-state index in [0.29, 0.717) is 16.3 Å². The van der Waals surface area contributed by atoms with Gasteiger partial charge in [0.15, 0.2) is 0 Å². The molecule has 0 saturated heterocycles. The second-order valence-electron chi connectivity index (χ2n) is 5.90. The Morgan fingerprint density at radius 3 is 2.57 bits per heavy atom. The normalized spacial score (nSPS) is 11.5. The fourth-order valence-electron chi connectivity index (χ4n) is 2.29. The van der Waals surface area contributed by atoms with E-state index in [2.05, 4.69) is 36.5 Å². The highest BCUT2D eigenvalue weighted by Crippen LogP contribution is 2.24. The number of anilines is 1. The van der Waals surface area contributed by atoms with Gasteiger partial charge in [-0.3, -0.25) is 9.59 Å². The molecule has 2 N–H and O–H groups in total. The average Bonchev–Trinajstić information content (AvgIpc) is 3.11. The van der Waals surface area contributed by atoms with Gasteiger partial charge in [0.25, 0.3) is 5.91 Å². The number of benzene rings is 1. The lowest BCUT2D eigenvalue weighted by Gasteiger charge is -2.15. The predicted octanol–water partition coefficient (Wildman–Crippen LogP) is 4.16. The molecular weight excluding hydrogens is 444 g/mol. The summed E-state index contributed by atoms with van der Waals surface area (Å²) < 4.78 is 6.43. The number of thiophene rings is 1. The van der Waals surface area contributed by atoms with Crippen molar-refractivity contribution >= 4 is 44.8 Å². The summed E-state index contributed by atoms with van der Waals surface area (Å²) in [6.45, 7) is 3.48. The molecule has 0 aliphatic rings. The van der Waals surface area contributed by atoms with E-state index in [1.807, 2.05) is 6.92 Å². The van der Waals surface area contributed by atoms with Crippen LogP contribution >= 0.6 is 27.3 Å². The summed E-state index contributed by atoms with van der Waals surface area (Å²) in [6, 6.07) is 9.97. The molecule has 2 heterocycles. The van der Waals surface area contributed by atoms with Gasteiger partial charge in [0.1, 0.15) is 11.8 Å². The Morgan fingerprint density at radius 1 is 1.18 bits per heavy atom. The minimum absolute atomic E-state index is 0.246. The Labute approximate surface area is 174 Å². The van der Waals surface area contributed by atoms with Crippen molar-refractivity contribution in [2.75, 3.05) is 5.32 Å². The number of carbonyl (C=O) groups is 2. The van der Waals surface area contributed by atoms with Crippen LogP contribution in [0.2, 0.25) is 0 Å². The monoisotopic (exact) mass is 460 g/mol. The van der Waals surface area contributed by atoms with E-state index in [4.69, 9.17) is 4.74 Å². The largest absolute Gasteiger partial charge is 0.424 e. The van der Waals surface area contributed by atoms with Crippen molar-refractivity contribution in [2.24, 2.45) is 0 Å². The number of nitrogens with one attached hydrogen (secondary N) is 2. The first-order valence-corrected chi connectivity index (χ1v) is 9.96. The molecule has 1 aromatic carbocycles. The van der Waals surface area contributed by atoms with E-state index in [1.54, 1.807) is 55.7 Å². The third-order valence-electron chi connectivity index (χ3n) is 3.74. The first-order valence-electron chi connectivity index (χ1n) is 8.35. The van der Waals surface area contributed by atoms with E-state index >= 15 is 0 Å². The number of ether oxygens (including phenoxy) is 1. The standard InChI is InChI=1S/C19H17BrN4O3S/c1-11-10-13(27-19-21-8-3-9-22-19)4-5-14(11)24-17(25)12(2)23-18(26)15-6-7-16(20)28-15/h3-10,12H,1-2H3,(H,23,26)(H,24,25). The van der Waals surface area contributed by atoms with Crippen LogP contribution in [0, 0.1) is 6.92 Å². The Balaban J connectivity index is 1.60. The molecule has 0 radical (unpaired) electrons. The lowest BCUT2D eigenvalue weighted by atomic mass is 10.2. The summed E-state index contributed by atoms with van der Waals surface area (Å²) in [4.78, 5) is 33.2. The molecule has 144 valence electrons. The summed E-state index contributed by atoms with van der Waals surface area (Å²) in [5.74, 6) is -0.0415. The Hall–Kier alpha value is -2.78. The Kier molecular flexibility index (Phi) is 6.37. The molecule has 1 unspecified atom stereocenters. The number of aryl methyl sites for hydroxylation is 1. The minimum atomic E-state index is -0.693. The first kappa shape index (κ1) is 20.0. The van der Waals surface area contributed by atoms with Crippen LogP contribution < -0.4 is 15.4 Å². The summed E-state index contributed by atoms with van der Waals surface area (Å²) in [5.41, 5.74) is 1.44. The van der Waals surface area contributed by atoms with Crippen LogP contribution in [0.1, 0.15) is 22.2 Å². The predicted molar refractivity (Wildman–Crippen MR) is 111 cm³/mol. The average molecular weight is 461 g/mol. The van der Waals surface area contributed by atoms with Gasteiger partial charge in [-0.25, -0.2) is 9.97 Å². The second kappa shape index (κ2) is 8.94. The third kappa shape index (κ3) is 5.14. The Morgan fingerprint density at radius 2 is 1.93 bits per heavy atom.